The molecule has 1 saturated carbocycles. The zero-order chi connectivity index (χ0) is 17.8. The number of H-pyrrole nitrogens is 1. The van der Waals surface area contributed by atoms with E-state index in [1.807, 2.05) is 25.1 Å². The molecule has 2 aromatic rings. The van der Waals surface area contributed by atoms with Gasteiger partial charge in [0.25, 0.3) is 0 Å². The molecule has 1 fully saturated rings. The van der Waals surface area contributed by atoms with Gasteiger partial charge in [0, 0.05) is 6.04 Å². The normalized spacial score (nSPS) is 20.4. The van der Waals surface area contributed by atoms with Crippen LogP contribution in [0.4, 0.5) is 4.79 Å². The highest BCUT2D eigenvalue weighted by Gasteiger charge is 2.23. The van der Waals surface area contributed by atoms with Crippen LogP contribution in [0.15, 0.2) is 23.4 Å². The minimum atomic E-state index is -0.399. The number of nitrogens with one attached hydrogen (secondary N) is 3. The molecule has 7 heteroatoms. The Balaban J connectivity index is 1.47. The van der Waals surface area contributed by atoms with Crippen LogP contribution in [0.1, 0.15) is 38.2 Å². The smallest absolute Gasteiger partial charge is 0.321 e. The largest absolute Gasteiger partial charge is 0.335 e. The first kappa shape index (κ1) is 17.8. The Kier molecular flexibility index (Phi) is 5.63. The Bertz CT molecular complexity index is 774. The quantitative estimate of drug-likeness (QED) is 0.730. The lowest BCUT2D eigenvalue weighted by Crippen LogP contribution is -2.48. The SMILES string of the molecule is Cc1ccc2nc(SCC(=O)NC(=O)NC3CCCCC3C)[nH]c2c1. The summed E-state index contributed by atoms with van der Waals surface area (Å²) >= 11 is 1.29. The molecule has 0 aliphatic heterocycles. The van der Waals surface area contributed by atoms with E-state index in [9.17, 15) is 9.59 Å². The van der Waals surface area contributed by atoms with E-state index >= 15 is 0 Å². The van der Waals surface area contributed by atoms with Gasteiger partial charge < -0.3 is 10.3 Å². The highest BCUT2D eigenvalue weighted by molar-refractivity contribution is 7.99. The van der Waals surface area contributed by atoms with E-state index in [2.05, 4.69) is 27.5 Å². The van der Waals surface area contributed by atoms with Crippen molar-refractivity contribution in [3.8, 4) is 0 Å². The molecule has 2 unspecified atom stereocenters. The summed E-state index contributed by atoms with van der Waals surface area (Å²) in [5, 5.41) is 6.01. The number of fused-ring (bicyclic) bond motifs is 1. The Morgan fingerprint density at radius 2 is 2.12 bits per heavy atom. The molecule has 25 heavy (non-hydrogen) atoms. The molecule has 1 aromatic heterocycles. The fourth-order valence-electron chi connectivity index (χ4n) is 3.20. The molecule has 1 aliphatic carbocycles. The summed E-state index contributed by atoms with van der Waals surface area (Å²) in [6, 6.07) is 5.73. The molecule has 3 amide bonds. The Morgan fingerprint density at radius 1 is 1.32 bits per heavy atom. The number of carbonyl (C=O) groups excluding carboxylic acids is 2. The number of hydrogen-bond acceptors (Lipinski definition) is 4. The molecule has 2 atom stereocenters. The van der Waals surface area contributed by atoms with Crippen molar-refractivity contribution in [2.24, 2.45) is 5.92 Å². The van der Waals surface area contributed by atoms with Gasteiger partial charge in [-0.1, -0.05) is 37.6 Å². The summed E-state index contributed by atoms with van der Waals surface area (Å²) in [5.74, 6) is 0.289. The number of rotatable bonds is 4. The minimum Gasteiger partial charge on any atom is -0.335 e. The fraction of sp³-hybridized carbons (Fsp3) is 0.500. The zero-order valence-electron chi connectivity index (χ0n) is 14.6. The van der Waals surface area contributed by atoms with Crippen molar-refractivity contribution in [1.82, 2.24) is 20.6 Å². The Morgan fingerprint density at radius 3 is 2.92 bits per heavy atom. The monoisotopic (exact) mass is 360 g/mol. The van der Waals surface area contributed by atoms with Crippen LogP contribution < -0.4 is 10.6 Å². The van der Waals surface area contributed by atoms with Crippen LogP contribution in [0.25, 0.3) is 11.0 Å². The van der Waals surface area contributed by atoms with Crippen molar-refractivity contribution < 1.29 is 9.59 Å². The molecule has 1 heterocycles. The van der Waals surface area contributed by atoms with E-state index < -0.39 is 6.03 Å². The van der Waals surface area contributed by atoms with Crippen molar-refractivity contribution in [3.05, 3.63) is 23.8 Å². The number of nitrogens with zero attached hydrogens (tertiary/aromatic N) is 1. The summed E-state index contributed by atoms with van der Waals surface area (Å²) in [6.07, 6.45) is 4.45. The summed E-state index contributed by atoms with van der Waals surface area (Å²) in [4.78, 5) is 31.6. The average Bonchev–Trinajstić information content (AvgIpc) is 2.97. The maximum atomic E-state index is 12.0. The third-order valence-electron chi connectivity index (χ3n) is 4.64. The molecular formula is C18H24N4O2S. The number of imide groups is 1. The highest BCUT2D eigenvalue weighted by Crippen LogP contribution is 2.23. The second kappa shape index (κ2) is 7.91. The van der Waals surface area contributed by atoms with Gasteiger partial charge in [-0.25, -0.2) is 9.78 Å². The van der Waals surface area contributed by atoms with Gasteiger partial charge in [-0.3, -0.25) is 10.1 Å². The number of benzene rings is 1. The third kappa shape index (κ3) is 4.75. The van der Waals surface area contributed by atoms with Gasteiger partial charge in [0.05, 0.1) is 16.8 Å². The van der Waals surface area contributed by atoms with E-state index in [-0.39, 0.29) is 17.7 Å². The second-order valence-corrected chi connectivity index (χ2v) is 7.71. The van der Waals surface area contributed by atoms with Crippen molar-refractivity contribution in [2.75, 3.05) is 5.75 Å². The Hall–Kier alpha value is -2.02. The first-order valence-corrected chi connectivity index (χ1v) is 9.69. The number of aryl methyl sites for hydroxylation is 1. The van der Waals surface area contributed by atoms with Crippen molar-refractivity contribution in [1.29, 1.82) is 0 Å². The predicted molar refractivity (Wildman–Crippen MR) is 99.6 cm³/mol. The molecule has 6 nitrogen and oxygen atoms in total. The van der Waals surface area contributed by atoms with Gasteiger partial charge in [0.2, 0.25) is 5.91 Å². The molecule has 3 N–H and O–H groups in total. The summed E-state index contributed by atoms with van der Waals surface area (Å²) in [7, 11) is 0. The molecule has 3 rings (SSSR count). The summed E-state index contributed by atoms with van der Waals surface area (Å²) in [6.45, 7) is 4.16. The number of imidazole rings is 1. The number of thioether (sulfide) groups is 1. The van der Waals surface area contributed by atoms with Crippen LogP contribution in [0.5, 0.6) is 0 Å². The van der Waals surface area contributed by atoms with E-state index in [0.29, 0.717) is 11.1 Å². The zero-order valence-corrected chi connectivity index (χ0v) is 15.4. The lowest BCUT2D eigenvalue weighted by atomic mass is 9.86. The standard InChI is InChI=1S/C18H24N4O2S/c1-11-7-8-14-15(9-11)21-18(20-14)25-10-16(23)22-17(24)19-13-6-4-3-5-12(13)2/h7-9,12-13H,3-6,10H2,1-2H3,(H,20,21)(H2,19,22,23,24). The van der Waals surface area contributed by atoms with E-state index in [1.165, 1.54) is 18.2 Å². The number of aromatic amines is 1. The van der Waals surface area contributed by atoms with Crippen LogP contribution in [-0.2, 0) is 4.79 Å². The van der Waals surface area contributed by atoms with Crippen LogP contribution in [0.2, 0.25) is 0 Å². The minimum absolute atomic E-state index is 0.145. The molecule has 0 bridgehead atoms. The number of urea groups is 1. The van der Waals surface area contributed by atoms with Gasteiger partial charge in [0.1, 0.15) is 0 Å². The van der Waals surface area contributed by atoms with E-state index in [0.717, 1.165) is 35.9 Å². The van der Waals surface area contributed by atoms with Gasteiger partial charge in [-0.2, -0.15) is 0 Å². The van der Waals surface area contributed by atoms with Crippen LogP contribution in [0.3, 0.4) is 0 Å². The number of amides is 3. The van der Waals surface area contributed by atoms with Gasteiger partial charge in [0.15, 0.2) is 5.16 Å². The average molecular weight is 360 g/mol. The Labute approximate surface area is 151 Å². The summed E-state index contributed by atoms with van der Waals surface area (Å²) < 4.78 is 0. The van der Waals surface area contributed by atoms with Crippen LogP contribution in [-0.4, -0.2) is 33.7 Å². The van der Waals surface area contributed by atoms with Crippen LogP contribution >= 0.6 is 11.8 Å². The molecule has 1 aliphatic rings. The first-order valence-electron chi connectivity index (χ1n) is 8.71. The van der Waals surface area contributed by atoms with Crippen molar-refractivity contribution >= 4 is 34.7 Å². The molecule has 0 spiro atoms. The van der Waals surface area contributed by atoms with Gasteiger partial charge in [-0.15, -0.1) is 0 Å². The first-order chi connectivity index (χ1) is 12.0. The predicted octanol–water partition coefficient (Wildman–Crippen LogP) is 3.37. The number of aromatic nitrogens is 2. The molecule has 1 aromatic carbocycles. The molecule has 134 valence electrons. The maximum absolute atomic E-state index is 12.0. The van der Waals surface area contributed by atoms with E-state index in [1.54, 1.807) is 0 Å². The lowest BCUT2D eigenvalue weighted by Gasteiger charge is -2.29. The maximum Gasteiger partial charge on any atom is 0.321 e. The fourth-order valence-corrected chi connectivity index (χ4v) is 3.89. The van der Waals surface area contributed by atoms with Crippen LogP contribution in [0, 0.1) is 12.8 Å². The highest BCUT2D eigenvalue weighted by atomic mass is 32.2. The van der Waals surface area contributed by atoms with Crippen molar-refractivity contribution in [3.63, 3.8) is 0 Å². The van der Waals surface area contributed by atoms with Gasteiger partial charge >= 0.3 is 6.03 Å². The summed E-state index contributed by atoms with van der Waals surface area (Å²) in [5.41, 5.74) is 2.98. The van der Waals surface area contributed by atoms with Crippen molar-refractivity contribution in [2.45, 2.75) is 50.7 Å². The number of hydrogen-bond donors (Lipinski definition) is 3. The third-order valence-corrected chi connectivity index (χ3v) is 5.51. The molecular weight excluding hydrogens is 336 g/mol. The number of carbonyl (C=O) groups is 2. The van der Waals surface area contributed by atoms with Gasteiger partial charge in [-0.05, 0) is 43.4 Å². The van der Waals surface area contributed by atoms with E-state index in [4.69, 9.17) is 0 Å². The molecule has 0 saturated heterocycles. The topological polar surface area (TPSA) is 86.9 Å². The molecule has 0 radical (unpaired) electrons. The second-order valence-electron chi connectivity index (χ2n) is 6.74. The lowest BCUT2D eigenvalue weighted by molar-refractivity contribution is -0.117.